The molecule has 1 aliphatic rings. The molecular formula is C20H22N4O3S2. The number of thiocarbonyl (C=S) groups is 1. The third-order valence-electron chi connectivity index (χ3n) is 4.19. The number of carbonyl (C=O) groups is 1. The van der Waals surface area contributed by atoms with Gasteiger partial charge in [-0.25, -0.2) is 4.98 Å². The Morgan fingerprint density at radius 1 is 1.38 bits per heavy atom. The molecule has 2 aromatic heterocycles. The van der Waals surface area contributed by atoms with Crippen LogP contribution in [0.1, 0.15) is 18.9 Å². The van der Waals surface area contributed by atoms with Crippen molar-refractivity contribution < 1.29 is 9.53 Å². The molecule has 3 heterocycles. The number of rotatable bonds is 9. The average molecular weight is 431 g/mol. The van der Waals surface area contributed by atoms with Crippen LogP contribution in [0.15, 0.2) is 46.8 Å². The van der Waals surface area contributed by atoms with E-state index in [9.17, 15) is 9.59 Å². The predicted molar refractivity (Wildman–Crippen MR) is 121 cm³/mol. The van der Waals surface area contributed by atoms with Crippen LogP contribution in [-0.4, -0.2) is 50.8 Å². The summed E-state index contributed by atoms with van der Waals surface area (Å²) in [6, 6.07) is 5.35. The molecule has 1 aliphatic heterocycles. The first-order chi connectivity index (χ1) is 14.1. The second-order valence-corrected chi connectivity index (χ2v) is 7.84. The largest absolute Gasteiger partial charge is 0.382 e. The van der Waals surface area contributed by atoms with Crippen LogP contribution in [0, 0.1) is 0 Å². The van der Waals surface area contributed by atoms with E-state index in [4.69, 9.17) is 17.0 Å². The molecule has 0 saturated carbocycles. The van der Waals surface area contributed by atoms with Crippen LogP contribution in [0.25, 0.3) is 11.7 Å². The Morgan fingerprint density at radius 3 is 2.97 bits per heavy atom. The lowest BCUT2D eigenvalue weighted by molar-refractivity contribution is -0.121. The summed E-state index contributed by atoms with van der Waals surface area (Å²) < 4.78 is 7.26. The highest BCUT2D eigenvalue weighted by molar-refractivity contribution is 8.26. The van der Waals surface area contributed by atoms with Crippen LogP contribution in [0.4, 0.5) is 5.82 Å². The van der Waals surface area contributed by atoms with Crippen molar-refractivity contribution in [2.24, 2.45) is 0 Å². The molecule has 0 bridgehead atoms. The van der Waals surface area contributed by atoms with Crippen molar-refractivity contribution in [1.29, 1.82) is 0 Å². The Labute approximate surface area is 178 Å². The van der Waals surface area contributed by atoms with Crippen LogP contribution in [0.3, 0.4) is 0 Å². The zero-order valence-electron chi connectivity index (χ0n) is 16.1. The van der Waals surface area contributed by atoms with Gasteiger partial charge in [0, 0.05) is 32.5 Å². The normalized spacial score (nSPS) is 15.5. The van der Waals surface area contributed by atoms with Crippen molar-refractivity contribution in [3.63, 3.8) is 0 Å². The van der Waals surface area contributed by atoms with Gasteiger partial charge < -0.3 is 10.1 Å². The summed E-state index contributed by atoms with van der Waals surface area (Å²) in [5, 5.41) is 3.21. The summed E-state index contributed by atoms with van der Waals surface area (Å²) in [7, 11) is 0. The van der Waals surface area contributed by atoms with Crippen molar-refractivity contribution in [3.8, 4) is 0 Å². The van der Waals surface area contributed by atoms with Gasteiger partial charge in [-0.2, -0.15) is 0 Å². The van der Waals surface area contributed by atoms with E-state index in [1.54, 1.807) is 30.5 Å². The number of hydrogen-bond donors (Lipinski definition) is 1. The van der Waals surface area contributed by atoms with Gasteiger partial charge >= 0.3 is 0 Å². The molecule has 0 radical (unpaired) electrons. The van der Waals surface area contributed by atoms with E-state index in [0.29, 0.717) is 52.6 Å². The van der Waals surface area contributed by atoms with Gasteiger partial charge in [0.15, 0.2) is 0 Å². The molecule has 1 amide bonds. The fraction of sp³-hybridized carbons (Fsp3) is 0.300. The van der Waals surface area contributed by atoms with E-state index in [2.05, 4.69) is 16.9 Å². The summed E-state index contributed by atoms with van der Waals surface area (Å²) >= 11 is 6.45. The third-order valence-corrected chi connectivity index (χ3v) is 5.57. The fourth-order valence-electron chi connectivity index (χ4n) is 2.81. The van der Waals surface area contributed by atoms with Crippen molar-refractivity contribution in [3.05, 3.63) is 57.9 Å². The predicted octanol–water partition coefficient (Wildman–Crippen LogP) is 2.92. The molecule has 1 saturated heterocycles. The zero-order valence-corrected chi connectivity index (χ0v) is 17.7. The second-order valence-electron chi connectivity index (χ2n) is 6.17. The minimum Gasteiger partial charge on any atom is -0.382 e. The maximum Gasteiger partial charge on any atom is 0.267 e. The van der Waals surface area contributed by atoms with E-state index < -0.39 is 0 Å². The standard InChI is InChI=1S/C20H22N4O3S2/c1-3-10-24-19(26)15(29-20(24)28)13-14-17(21-9-7-12-27-4-2)22-16-8-5-6-11-23(16)18(14)25/h3,5-6,8,11,13,21H,1,4,7,9-10,12H2,2H3/b15-13+. The number of thioether (sulfide) groups is 1. The van der Waals surface area contributed by atoms with Crippen molar-refractivity contribution in [1.82, 2.24) is 14.3 Å². The maximum absolute atomic E-state index is 13.1. The smallest absolute Gasteiger partial charge is 0.267 e. The van der Waals surface area contributed by atoms with Gasteiger partial charge in [0.05, 0.1) is 10.5 Å². The molecule has 7 nitrogen and oxygen atoms in total. The molecule has 9 heteroatoms. The van der Waals surface area contributed by atoms with E-state index in [1.807, 2.05) is 13.0 Å². The number of carbonyl (C=O) groups excluding carboxylic acids is 1. The molecule has 2 aromatic rings. The lowest BCUT2D eigenvalue weighted by Crippen LogP contribution is -2.28. The van der Waals surface area contributed by atoms with Gasteiger partial charge in [-0.15, -0.1) is 6.58 Å². The zero-order chi connectivity index (χ0) is 20.8. The highest BCUT2D eigenvalue weighted by Gasteiger charge is 2.31. The quantitative estimate of drug-likeness (QED) is 0.284. The Hall–Kier alpha value is -2.49. The van der Waals surface area contributed by atoms with Crippen LogP contribution in [0.5, 0.6) is 0 Å². The van der Waals surface area contributed by atoms with Gasteiger partial charge in [0.25, 0.3) is 11.5 Å². The molecule has 1 N–H and O–H groups in total. The average Bonchev–Trinajstić information content (AvgIpc) is 2.98. The fourth-order valence-corrected chi connectivity index (χ4v) is 4.07. The number of pyridine rings is 1. The molecule has 3 rings (SSSR count). The first-order valence-electron chi connectivity index (χ1n) is 9.26. The summed E-state index contributed by atoms with van der Waals surface area (Å²) in [6.07, 6.45) is 5.61. The van der Waals surface area contributed by atoms with Gasteiger partial charge in [0.2, 0.25) is 0 Å². The van der Waals surface area contributed by atoms with Crippen molar-refractivity contribution in [2.45, 2.75) is 13.3 Å². The molecule has 152 valence electrons. The number of nitrogens with zero attached hydrogens (tertiary/aromatic N) is 3. The summed E-state index contributed by atoms with van der Waals surface area (Å²) in [6.45, 7) is 7.80. The number of aromatic nitrogens is 2. The van der Waals surface area contributed by atoms with E-state index in [0.717, 1.165) is 6.42 Å². The van der Waals surface area contributed by atoms with Crippen LogP contribution < -0.4 is 10.9 Å². The van der Waals surface area contributed by atoms with E-state index in [1.165, 1.54) is 21.1 Å². The lowest BCUT2D eigenvalue weighted by atomic mass is 10.2. The number of fused-ring (bicyclic) bond motifs is 1. The first kappa shape index (κ1) is 21.2. The SMILES string of the molecule is C=CCN1C(=O)/C(=C\c2c(NCCCOCC)nc3ccccn3c2=O)SC1=S. The van der Waals surface area contributed by atoms with Crippen molar-refractivity contribution in [2.75, 3.05) is 31.6 Å². The lowest BCUT2D eigenvalue weighted by Gasteiger charge is -2.11. The number of ether oxygens (including phenoxy) is 1. The molecular weight excluding hydrogens is 408 g/mol. The highest BCUT2D eigenvalue weighted by Crippen LogP contribution is 2.32. The molecule has 0 aromatic carbocycles. The Balaban J connectivity index is 1.98. The monoisotopic (exact) mass is 430 g/mol. The van der Waals surface area contributed by atoms with Gasteiger partial charge in [0.1, 0.15) is 15.8 Å². The molecule has 1 fully saturated rings. The van der Waals surface area contributed by atoms with Gasteiger partial charge in [-0.1, -0.05) is 36.1 Å². The van der Waals surface area contributed by atoms with Crippen LogP contribution in [0.2, 0.25) is 0 Å². The third kappa shape index (κ3) is 4.75. The van der Waals surface area contributed by atoms with Crippen molar-refractivity contribution >= 4 is 51.7 Å². The highest BCUT2D eigenvalue weighted by atomic mass is 32.2. The minimum atomic E-state index is -0.253. The number of amides is 1. The Morgan fingerprint density at radius 2 is 2.21 bits per heavy atom. The van der Waals surface area contributed by atoms with Crippen LogP contribution in [-0.2, 0) is 9.53 Å². The van der Waals surface area contributed by atoms with E-state index in [-0.39, 0.29) is 11.5 Å². The summed E-state index contributed by atoms with van der Waals surface area (Å²) in [4.78, 5) is 32.2. The number of nitrogens with one attached hydrogen (secondary N) is 1. The van der Waals surface area contributed by atoms with E-state index >= 15 is 0 Å². The molecule has 0 atom stereocenters. The minimum absolute atomic E-state index is 0.236. The summed E-state index contributed by atoms with van der Waals surface area (Å²) in [5.74, 6) is 0.200. The number of hydrogen-bond acceptors (Lipinski definition) is 7. The molecule has 0 unspecified atom stereocenters. The topological polar surface area (TPSA) is 75.9 Å². The second kappa shape index (κ2) is 9.82. The summed E-state index contributed by atoms with van der Waals surface area (Å²) in [5.41, 5.74) is 0.599. The Kier molecular flexibility index (Phi) is 7.18. The number of anilines is 1. The molecule has 0 spiro atoms. The Bertz CT molecular complexity index is 1030. The molecule has 0 aliphatic carbocycles. The first-order valence-corrected chi connectivity index (χ1v) is 10.5. The molecule has 29 heavy (non-hydrogen) atoms. The van der Waals surface area contributed by atoms with Gasteiger partial charge in [-0.05, 0) is 31.6 Å². The maximum atomic E-state index is 13.1. The van der Waals surface area contributed by atoms with Crippen LogP contribution >= 0.6 is 24.0 Å². The van der Waals surface area contributed by atoms with Gasteiger partial charge in [-0.3, -0.25) is 18.9 Å².